The van der Waals surface area contributed by atoms with Crippen LogP contribution in [0.3, 0.4) is 0 Å². The highest BCUT2D eigenvalue weighted by atomic mass is 16.6. The average molecular weight is 820 g/mol. The summed E-state index contributed by atoms with van der Waals surface area (Å²) >= 11 is 0. The fraction of sp³-hybridized carbons (Fsp3) is 0.939. The van der Waals surface area contributed by atoms with Gasteiger partial charge >= 0.3 is 17.9 Å². The number of carbonyl (C=O) groups is 3. The number of hydrogen-bond donors (Lipinski definition) is 3. The molecule has 3 saturated heterocycles. The normalized spacial score (nSPS) is 22.3. The lowest BCUT2D eigenvalue weighted by molar-refractivity contribution is -0.154. The first-order chi connectivity index (χ1) is 26.8. The van der Waals surface area contributed by atoms with Gasteiger partial charge in [-0.1, -0.05) is 84.0 Å². The van der Waals surface area contributed by atoms with Crippen LogP contribution in [0.5, 0.6) is 0 Å². The van der Waals surface area contributed by atoms with Crippen LogP contribution in [-0.4, -0.2) is 69.5 Å². The Morgan fingerprint density at radius 3 is 0.759 bits per heavy atom. The van der Waals surface area contributed by atoms with E-state index in [9.17, 15) is 14.4 Å². The molecule has 0 atom stereocenters. The maximum Gasteiger partial charge on any atom is 0.306 e. The van der Waals surface area contributed by atoms with Gasteiger partial charge < -0.3 is 30.2 Å². The van der Waals surface area contributed by atoms with Gasteiger partial charge in [0.2, 0.25) is 0 Å². The molecule has 9 heteroatoms. The van der Waals surface area contributed by atoms with E-state index >= 15 is 0 Å². The van der Waals surface area contributed by atoms with E-state index in [0.717, 1.165) is 89.9 Å². The number of rotatable bonds is 22. The van der Waals surface area contributed by atoms with E-state index in [1.165, 1.54) is 44.9 Å². The molecular formula is C49H93N3O6. The molecule has 3 N–H and O–H groups in total. The molecule has 0 saturated carbocycles. The molecule has 0 spiro atoms. The number of esters is 3. The highest BCUT2D eigenvalue weighted by Crippen LogP contribution is 2.33. The molecule has 3 heterocycles. The SMILES string of the molecule is CC1(C)CC(OC(=O)CCCCCCCCC(=O)OC2CC(C)(C)NC(C)(C)C2)CC(C)(C)N1.CCCCCCCCCCCC(=O)OC1CC(C)(C)NC(C)(C)C1. The predicted molar refractivity (Wildman–Crippen MR) is 240 cm³/mol. The number of piperidine rings is 3. The summed E-state index contributed by atoms with van der Waals surface area (Å²) in [6, 6.07) is 0. The zero-order valence-electron chi connectivity index (χ0n) is 40.2. The highest BCUT2D eigenvalue weighted by Gasteiger charge is 2.41. The van der Waals surface area contributed by atoms with Gasteiger partial charge in [-0.05, 0) is 102 Å². The first-order valence-electron chi connectivity index (χ1n) is 23.8. The van der Waals surface area contributed by atoms with Crippen molar-refractivity contribution in [3.8, 4) is 0 Å². The van der Waals surface area contributed by atoms with Crippen molar-refractivity contribution < 1.29 is 28.6 Å². The smallest absolute Gasteiger partial charge is 0.306 e. The van der Waals surface area contributed by atoms with Crippen LogP contribution in [0.4, 0.5) is 0 Å². The third kappa shape index (κ3) is 23.9. The molecule has 340 valence electrons. The van der Waals surface area contributed by atoms with Crippen molar-refractivity contribution in [2.45, 2.75) is 296 Å². The topological polar surface area (TPSA) is 115 Å². The molecule has 0 unspecified atom stereocenters. The van der Waals surface area contributed by atoms with Crippen molar-refractivity contribution in [1.29, 1.82) is 0 Å². The van der Waals surface area contributed by atoms with Gasteiger partial charge in [-0.15, -0.1) is 0 Å². The van der Waals surface area contributed by atoms with Gasteiger partial charge in [-0.2, -0.15) is 0 Å². The minimum Gasteiger partial charge on any atom is -0.462 e. The Bertz CT molecular complexity index is 1120. The molecule has 0 bridgehead atoms. The fourth-order valence-electron chi connectivity index (χ4n) is 10.5. The summed E-state index contributed by atoms with van der Waals surface area (Å²) in [7, 11) is 0. The third-order valence-electron chi connectivity index (χ3n) is 11.8. The maximum atomic E-state index is 12.3. The Labute approximate surface area is 357 Å². The molecule has 3 aliphatic rings. The number of nitrogens with one attached hydrogen (secondary N) is 3. The van der Waals surface area contributed by atoms with Gasteiger partial charge in [0, 0.05) is 91.0 Å². The molecule has 0 amide bonds. The van der Waals surface area contributed by atoms with E-state index in [2.05, 4.69) is 106 Å². The summed E-state index contributed by atoms with van der Waals surface area (Å²) < 4.78 is 17.3. The van der Waals surface area contributed by atoms with E-state index in [0.29, 0.717) is 19.3 Å². The van der Waals surface area contributed by atoms with Gasteiger partial charge in [0.1, 0.15) is 18.3 Å². The van der Waals surface area contributed by atoms with Crippen LogP contribution in [0, 0.1) is 0 Å². The summed E-state index contributed by atoms with van der Waals surface area (Å²) in [5.74, 6) is -0.132. The van der Waals surface area contributed by atoms with Crippen LogP contribution in [0.1, 0.15) is 244 Å². The second-order valence-corrected chi connectivity index (χ2v) is 22.4. The van der Waals surface area contributed by atoms with Gasteiger partial charge in [0.15, 0.2) is 0 Å². The van der Waals surface area contributed by atoms with Gasteiger partial charge in [-0.25, -0.2) is 0 Å². The van der Waals surface area contributed by atoms with Crippen molar-refractivity contribution in [3.63, 3.8) is 0 Å². The number of ether oxygens (including phenoxy) is 3. The molecule has 0 aromatic carbocycles. The third-order valence-corrected chi connectivity index (χ3v) is 11.8. The molecule has 9 nitrogen and oxygen atoms in total. The van der Waals surface area contributed by atoms with Crippen LogP contribution in [-0.2, 0) is 28.6 Å². The monoisotopic (exact) mass is 820 g/mol. The van der Waals surface area contributed by atoms with Crippen LogP contribution in [0.2, 0.25) is 0 Å². The van der Waals surface area contributed by atoms with Crippen molar-refractivity contribution in [2.24, 2.45) is 0 Å². The van der Waals surface area contributed by atoms with Crippen molar-refractivity contribution in [1.82, 2.24) is 16.0 Å². The first kappa shape index (κ1) is 52.4. The van der Waals surface area contributed by atoms with Crippen LogP contribution in [0.25, 0.3) is 0 Å². The molecule has 58 heavy (non-hydrogen) atoms. The van der Waals surface area contributed by atoms with E-state index < -0.39 is 0 Å². The highest BCUT2D eigenvalue weighted by molar-refractivity contribution is 5.70. The number of carbonyl (C=O) groups excluding carboxylic acids is 3. The minimum atomic E-state index is -0.0643. The molecule has 0 aliphatic carbocycles. The van der Waals surface area contributed by atoms with E-state index in [4.69, 9.17) is 14.2 Å². The van der Waals surface area contributed by atoms with Gasteiger partial charge in [0.05, 0.1) is 0 Å². The predicted octanol–water partition coefficient (Wildman–Crippen LogP) is 11.6. The van der Waals surface area contributed by atoms with E-state index in [-0.39, 0.29) is 69.5 Å². The molecule has 0 aromatic heterocycles. The summed E-state index contributed by atoms with van der Waals surface area (Å²) in [5.41, 5.74) is 0.00851. The Morgan fingerprint density at radius 1 is 0.362 bits per heavy atom. The van der Waals surface area contributed by atoms with Gasteiger partial charge in [0.25, 0.3) is 0 Å². The lowest BCUT2D eigenvalue weighted by Crippen LogP contribution is -2.59. The standard InChI is InChI=1S/C28H52N2O4.C21H41NO2/c1-25(2)17-21(18-26(3,4)29-25)33-23(31)15-13-11-9-10-12-14-16-24(32)34-22-19-27(5,6)30-28(7,8)20-22;1-6-7-8-9-10-11-12-13-14-15-19(23)24-18-16-20(2,3)22-21(4,5)17-18/h21-22,29-30H,9-20H2,1-8H3;18,22H,6-17H2,1-5H3. The van der Waals surface area contributed by atoms with Crippen molar-refractivity contribution >= 4 is 17.9 Å². The zero-order valence-corrected chi connectivity index (χ0v) is 40.2. The molecule has 3 rings (SSSR count). The Morgan fingerprint density at radius 2 is 0.552 bits per heavy atom. The molecular weight excluding hydrogens is 727 g/mol. The quantitative estimate of drug-likeness (QED) is 0.0558. The lowest BCUT2D eigenvalue weighted by Gasteiger charge is -2.46. The molecule has 3 fully saturated rings. The Kier molecular flexibility index (Phi) is 21.8. The Hall–Kier alpha value is -1.71. The average Bonchev–Trinajstić information content (AvgIpc) is 3.01. The van der Waals surface area contributed by atoms with Crippen LogP contribution in [0.15, 0.2) is 0 Å². The summed E-state index contributed by atoms with van der Waals surface area (Å²) in [5, 5.41) is 10.9. The Balaban J connectivity index is 0.000000426. The van der Waals surface area contributed by atoms with Crippen molar-refractivity contribution in [3.05, 3.63) is 0 Å². The number of unbranched alkanes of at least 4 members (excludes halogenated alkanes) is 13. The summed E-state index contributed by atoms with van der Waals surface area (Å²) in [6.07, 6.45) is 24.4. The largest absolute Gasteiger partial charge is 0.462 e. The maximum absolute atomic E-state index is 12.3. The van der Waals surface area contributed by atoms with E-state index in [1.54, 1.807) is 0 Å². The van der Waals surface area contributed by atoms with Crippen LogP contribution < -0.4 is 16.0 Å². The molecule has 0 aromatic rings. The summed E-state index contributed by atoms with van der Waals surface area (Å²) in [4.78, 5) is 36.7. The first-order valence-corrected chi connectivity index (χ1v) is 23.8. The second kappa shape index (κ2) is 24.1. The summed E-state index contributed by atoms with van der Waals surface area (Å²) in [6.45, 7) is 28.4. The zero-order chi connectivity index (χ0) is 43.7. The van der Waals surface area contributed by atoms with E-state index in [1.807, 2.05) is 0 Å². The minimum absolute atomic E-state index is 0.000484. The van der Waals surface area contributed by atoms with Gasteiger partial charge in [-0.3, -0.25) is 14.4 Å². The molecule has 0 radical (unpaired) electrons. The van der Waals surface area contributed by atoms with Crippen LogP contribution >= 0.6 is 0 Å². The fourth-order valence-corrected chi connectivity index (χ4v) is 10.5. The lowest BCUT2D eigenvalue weighted by atomic mass is 9.81. The van der Waals surface area contributed by atoms with Crippen molar-refractivity contribution in [2.75, 3.05) is 0 Å². The molecule has 3 aliphatic heterocycles. The number of hydrogen-bond acceptors (Lipinski definition) is 9. The second-order valence-electron chi connectivity index (χ2n) is 22.4.